The van der Waals surface area contributed by atoms with Crippen LogP contribution in [0.25, 0.3) is 0 Å². The molecule has 2 amide bonds. The lowest BCUT2D eigenvalue weighted by molar-refractivity contribution is -0.119. The number of para-hydroxylation sites is 2. The van der Waals surface area contributed by atoms with Gasteiger partial charge in [0.1, 0.15) is 5.70 Å². The minimum absolute atomic E-state index is 0.0166. The predicted molar refractivity (Wildman–Crippen MR) is 135 cm³/mol. The van der Waals surface area contributed by atoms with Crippen molar-refractivity contribution >= 4 is 45.7 Å². The van der Waals surface area contributed by atoms with Crippen LogP contribution in [-0.4, -0.2) is 87.1 Å². The standard InChI is InChI=1S/C22H32N6O4S2/c23-20(29)13-25-9-11-27(12-10-25)17-3-1-2-4-18(17)28-19(21(24)30)14-33-22(28)16-5-7-26(8-6-16)15-34(31)32/h1-4,14,16,22,34H,5-13,15H2,(H2,23,29)(H2,24,30). The summed E-state index contributed by atoms with van der Waals surface area (Å²) in [6.07, 6.45) is 1.70. The number of rotatable bonds is 8. The maximum atomic E-state index is 12.4. The summed E-state index contributed by atoms with van der Waals surface area (Å²) < 4.78 is 22.2. The number of nitrogens with two attached hydrogens (primary N) is 2. The van der Waals surface area contributed by atoms with Crippen LogP contribution in [0.3, 0.4) is 0 Å². The summed E-state index contributed by atoms with van der Waals surface area (Å²) >= 11 is 1.61. The lowest BCUT2D eigenvalue weighted by atomic mass is 9.95. The molecule has 4 N–H and O–H groups in total. The fourth-order valence-corrected chi connectivity index (χ4v) is 6.95. The summed E-state index contributed by atoms with van der Waals surface area (Å²) in [6.45, 7) is 4.65. The normalized spacial score (nSPS) is 22.9. The van der Waals surface area contributed by atoms with E-state index < -0.39 is 16.6 Å². The van der Waals surface area contributed by atoms with Crippen molar-refractivity contribution < 1.29 is 18.0 Å². The minimum atomic E-state index is -2.42. The summed E-state index contributed by atoms with van der Waals surface area (Å²) in [7, 11) is -2.42. The second kappa shape index (κ2) is 11.0. The zero-order chi connectivity index (χ0) is 24.2. The van der Waals surface area contributed by atoms with Gasteiger partial charge in [0.25, 0.3) is 5.91 Å². The van der Waals surface area contributed by atoms with Gasteiger partial charge in [0, 0.05) is 31.6 Å². The van der Waals surface area contributed by atoms with Crippen molar-refractivity contribution in [1.82, 2.24) is 9.80 Å². The molecule has 186 valence electrons. The van der Waals surface area contributed by atoms with Crippen LogP contribution < -0.4 is 21.3 Å². The lowest BCUT2D eigenvalue weighted by Gasteiger charge is -2.41. The molecule has 0 bridgehead atoms. The lowest BCUT2D eigenvalue weighted by Crippen LogP contribution is -2.49. The van der Waals surface area contributed by atoms with Gasteiger partial charge in [-0.25, -0.2) is 8.42 Å². The first kappa shape index (κ1) is 24.8. The first-order valence-corrected chi connectivity index (χ1v) is 13.8. The van der Waals surface area contributed by atoms with E-state index in [9.17, 15) is 18.0 Å². The smallest absolute Gasteiger partial charge is 0.265 e. The third-order valence-electron chi connectivity index (χ3n) is 6.67. The number of thioether (sulfide) groups is 1. The second-order valence-electron chi connectivity index (χ2n) is 8.91. The van der Waals surface area contributed by atoms with Crippen molar-refractivity contribution in [1.29, 1.82) is 0 Å². The highest BCUT2D eigenvalue weighted by Gasteiger charge is 2.39. The van der Waals surface area contributed by atoms with Crippen molar-refractivity contribution in [3.63, 3.8) is 0 Å². The molecule has 1 atom stereocenters. The monoisotopic (exact) mass is 508 g/mol. The maximum absolute atomic E-state index is 12.4. The number of likely N-dealkylation sites (tertiary alicyclic amines) is 1. The highest BCUT2D eigenvalue weighted by Crippen LogP contribution is 2.45. The van der Waals surface area contributed by atoms with Crippen LogP contribution in [-0.2, 0) is 20.3 Å². The molecule has 3 heterocycles. The topological polar surface area (TPSA) is 133 Å². The Labute approximate surface area is 205 Å². The summed E-state index contributed by atoms with van der Waals surface area (Å²) in [4.78, 5) is 32.0. The third kappa shape index (κ3) is 5.68. The van der Waals surface area contributed by atoms with Crippen molar-refractivity contribution in [3.8, 4) is 0 Å². The highest BCUT2D eigenvalue weighted by atomic mass is 32.2. The van der Waals surface area contributed by atoms with Gasteiger partial charge < -0.3 is 21.3 Å². The molecule has 1 aromatic rings. The molecule has 12 heteroatoms. The fourth-order valence-electron chi connectivity index (χ4n) is 5.00. The largest absolute Gasteiger partial charge is 0.369 e. The van der Waals surface area contributed by atoms with Gasteiger partial charge in [0.05, 0.1) is 29.2 Å². The van der Waals surface area contributed by atoms with Crippen molar-refractivity contribution in [2.24, 2.45) is 17.4 Å². The van der Waals surface area contributed by atoms with Crippen LogP contribution in [0.1, 0.15) is 12.8 Å². The van der Waals surface area contributed by atoms with Gasteiger partial charge in [-0.3, -0.25) is 19.4 Å². The number of carbonyl (C=O) groups excluding carboxylic acids is 2. The van der Waals surface area contributed by atoms with Crippen LogP contribution in [0, 0.1) is 5.92 Å². The van der Waals surface area contributed by atoms with Crippen molar-refractivity contribution in [3.05, 3.63) is 35.4 Å². The van der Waals surface area contributed by atoms with Gasteiger partial charge in [0.15, 0.2) is 10.7 Å². The SMILES string of the molecule is NC(=O)CN1CCN(c2ccccc2N2C(C(N)=O)=CSC2C2CCN(C[SH](=O)=O)CC2)CC1. The highest BCUT2D eigenvalue weighted by molar-refractivity contribution is 8.03. The Kier molecular flexibility index (Phi) is 8.02. The molecular formula is C22H32N6O4S2. The molecule has 34 heavy (non-hydrogen) atoms. The molecular weight excluding hydrogens is 476 g/mol. The van der Waals surface area contributed by atoms with Crippen LogP contribution in [0.4, 0.5) is 11.4 Å². The number of primary amides is 2. The van der Waals surface area contributed by atoms with Crippen LogP contribution >= 0.6 is 11.8 Å². The van der Waals surface area contributed by atoms with Crippen molar-refractivity contribution in [2.75, 3.05) is 61.5 Å². The number of carbonyl (C=O) groups is 2. The van der Waals surface area contributed by atoms with Gasteiger partial charge in [0.2, 0.25) is 5.91 Å². The fraction of sp³-hybridized carbons (Fsp3) is 0.545. The van der Waals surface area contributed by atoms with E-state index in [-0.39, 0.29) is 23.7 Å². The number of hydrogen-bond donors (Lipinski definition) is 3. The molecule has 0 saturated carbocycles. The van der Waals surface area contributed by atoms with E-state index in [0.717, 1.165) is 50.4 Å². The number of amides is 2. The van der Waals surface area contributed by atoms with E-state index in [1.807, 2.05) is 33.4 Å². The molecule has 4 rings (SSSR count). The Morgan fingerprint density at radius 1 is 0.941 bits per heavy atom. The van der Waals surface area contributed by atoms with E-state index in [1.165, 1.54) is 0 Å². The van der Waals surface area contributed by atoms with Gasteiger partial charge in [-0.2, -0.15) is 0 Å². The molecule has 2 fully saturated rings. The number of benzene rings is 1. The Bertz CT molecular complexity index is 1010. The van der Waals surface area contributed by atoms with Crippen LogP contribution in [0.2, 0.25) is 0 Å². The van der Waals surface area contributed by atoms with E-state index in [0.29, 0.717) is 24.7 Å². The number of anilines is 2. The Hall–Kier alpha value is -2.28. The number of hydrogen-bond acceptors (Lipinski definition) is 9. The molecule has 2 saturated heterocycles. The van der Waals surface area contributed by atoms with Gasteiger partial charge in [-0.1, -0.05) is 12.1 Å². The minimum Gasteiger partial charge on any atom is -0.369 e. The number of piperidine rings is 1. The van der Waals surface area contributed by atoms with E-state index in [4.69, 9.17) is 11.5 Å². The summed E-state index contributed by atoms with van der Waals surface area (Å²) in [5.74, 6) is -0.398. The van der Waals surface area contributed by atoms with Crippen molar-refractivity contribution in [2.45, 2.75) is 18.2 Å². The molecule has 0 aliphatic carbocycles. The average Bonchev–Trinajstić information content (AvgIpc) is 3.25. The predicted octanol–water partition coefficient (Wildman–Crippen LogP) is -0.219. The van der Waals surface area contributed by atoms with Gasteiger partial charge >= 0.3 is 0 Å². The summed E-state index contributed by atoms with van der Waals surface area (Å²) in [6, 6.07) is 8.04. The Morgan fingerprint density at radius 3 is 2.18 bits per heavy atom. The second-order valence-corrected chi connectivity index (χ2v) is 10.9. The van der Waals surface area contributed by atoms with Crippen LogP contribution in [0.5, 0.6) is 0 Å². The Morgan fingerprint density at radius 2 is 1.59 bits per heavy atom. The molecule has 3 aliphatic rings. The number of piperazine rings is 1. The molecule has 10 nitrogen and oxygen atoms in total. The van der Waals surface area contributed by atoms with Gasteiger partial charge in [-0.05, 0) is 44.0 Å². The van der Waals surface area contributed by atoms with Crippen LogP contribution in [0.15, 0.2) is 35.4 Å². The zero-order valence-electron chi connectivity index (χ0n) is 19.0. The molecule has 1 unspecified atom stereocenters. The third-order valence-corrected chi connectivity index (χ3v) is 8.54. The zero-order valence-corrected chi connectivity index (χ0v) is 20.8. The number of thiol groups is 1. The quantitative estimate of drug-likeness (QED) is 0.408. The first-order chi connectivity index (χ1) is 16.3. The Balaban J connectivity index is 1.54. The summed E-state index contributed by atoms with van der Waals surface area (Å²) in [5, 5.41) is 1.87. The molecule has 0 aromatic heterocycles. The van der Waals surface area contributed by atoms with E-state index in [2.05, 4.69) is 15.9 Å². The maximum Gasteiger partial charge on any atom is 0.265 e. The molecule has 0 spiro atoms. The number of nitrogens with zero attached hydrogens (tertiary/aromatic N) is 4. The summed E-state index contributed by atoms with van der Waals surface area (Å²) in [5.41, 5.74) is 13.6. The van der Waals surface area contributed by atoms with E-state index >= 15 is 0 Å². The first-order valence-electron chi connectivity index (χ1n) is 11.5. The molecule has 3 aliphatic heterocycles. The van der Waals surface area contributed by atoms with E-state index in [1.54, 1.807) is 11.8 Å². The van der Waals surface area contributed by atoms with Gasteiger partial charge in [-0.15, -0.1) is 11.8 Å². The average molecular weight is 509 g/mol. The molecule has 0 radical (unpaired) electrons. The molecule has 1 aromatic carbocycles.